The van der Waals surface area contributed by atoms with Crippen molar-refractivity contribution in [1.29, 1.82) is 0 Å². The van der Waals surface area contributed by atoms with Crippen LogP contribution in [0.5, 0.6) is 0 Å². The highest BCUT2D eigenvalue weighted by Gasteiger charge is 2.25. The normalized spacial score (nSPS) is 24.3. The molecule has 2 atom stereocenters. The van der Waals surface area contributed by atoms with Crippen LogP contribution < -0.4 is 10.0 Å². The number of benzene rings is 1. The molecule has 4 nitrogen and oxygen atoms in total. The first-order valence-electron chi connectivity index (χ1n) is 6.45. The second-order valence-corrected chi connectivity index (χ2v) is 7.12. The first-order chi connectivity index (χ1) is 8.98. The van der Waals surface area contributed by atoms with Gasteiger partial charge in [-0.3, -0.25) is 0 Å². The average Bonchev–Trinajstić information content (AvgIpc) is 2.35. The monoisotopic (exact) mass is 302 g/mol. The Morgan fingerprint density at radius 3 is 2.84 bits per heavy atom. The summed E-state index contributed by atoms with van der Waals surface area (Å²) in [7, 11) is -3.36. The largest absolute Gasteiger partial charge is 0.313 e. The van der Waals surface area contributed by atoms with Crippen molar-refractivity contribution in [2.24, 2.45) is 0 Å². The molecule has 1 aromatic rings. The van der Waals surface area contributed by atoms with Gasteiger partial charge in [0.2, 0.25) is 10.0 Å². The van der Waals surface area contributed by atoms with Crippen LogP contribution in [0, 0.1) is 0 Å². The molecule has 0 saturated carbocycles. The van der Waals surface area contributed by atoms with E-state index in [-0.39, 0.29) is 17.8 Å². The molecular weight excluding hydrogens is 284 g/mol. The van der Waals surface area contributed by atoms with Crippen LogP contribution in [0.1, 0.15) is 25.3 Å². The second kappa shape index (κ2) is 6.22. The minimum atomic E-state index is -3.36. The third-order valence-corrected chi connectivity index (χ3v) is 5.12. The molecule has 1 aliphatic heterocycles. The third kappa shape index (κ3) is 4.18. The van der Waals surface area contributed by atoms with Crippen molar-refractivity contribution >= 4 is 21.6 Å². The zero-order chi connectivity index (χ0) is 13.9. The van der Waals surface area contributed by atoms with Crippen molar-refractivity contribution < 1.29 is 8.42 Å². The smallest absolute Gasteiger partial charge is 0.216 e. The van der Waals surface area contributed by atoms with Crippen molar-refractivity contribution in [3.05, 3.63) is 34.9 Å². The van der Waals surface area contributed by atoms with E-state index in [1.54, 1.807) is 24.3 Å². The number of sulfonamides is 1. The van der Waals surface area contributed by atoms with E-state index in [9.17, 15) is 8.42 Å². The van der Waals surface area contributed by atoms with Crippen LogP contribution in [0.4, 0.5) is 0 Å². The fraction of sp³-hybridized carbons (Fsp3) is 0.538. The van der Waals surface area contributed by atoms with Gasteiger partial charge in [0.05, 0.1) is 5.75 Å². The quantitative estimate of drug-likeness (QED) is 0.893. The maximum absolute atomic E-state index is 12.2. The Morgan fingerprint density at radius 2 is 2.16 bits per heavy atom. The molecule has 0 spiro atoms. The fourth-order valence-corrected chi connectivity index (χ4v) is 4.11. The molecule has 2 N–H and O–H groups in total. The molecule has 1 saturated heterocycles. The van der Waals surface area contributed by atoms with Gasteiger partial charge >= 0.3 is 0 Å². The SMILES string of the molecule is CC1NCCCC1NS(=O)(=O)Cc1ccccc1Cl. The maximum Gasteiger partial charge on any atom is 0.216 e. The molecule has 2 rings (SSSR count). The predicted molar refractivity (Wildman–Crippen MR) is 77.7 cm³/mol. The Balaban J connectivity index is 2.04. The summed E-state index contributed by atoms with van der Waals surface area (Å²) >= 11 is 6.00. The molecule has 0 bridgehead atoms. The van der Waals surface area contributed by atoms with Crippen molar-refractivity contribution in [1.82, 2.24) is 10.0 Å². The van der Waals surface area contributed by atoms with E-state index in [1.807, 2.05) is 6.92 Å². The minimum Gasteiger partial charge on any atom is -0.313 e. The number of nitrogens with one attached hydrogen (secondary N) is 2. The summed E-state index contributed by atoms with van der Waals surface area (Å²) in [6.07, 6.45) is 1.86. The van der Waals surface area contributed by atoms with E-state index < -0.39 is 10.0 Å². The molecule has 1 aliphatic rings. The first-order valence-corrected chi connectivity index (χ1v) is 8.48. The molecular formula is C13H19ClN2O2S. The highest BCUT2D eigenvalue weighted by molar-refractivity contribution is 7.88. The van der Waals surface area contributed by atoms with Crippen LogP contribution in [-0.4, -0.2) is 27.0 Å². The zero-order valence-electron chi connectivity index (χ0n) is 10.9. The average molecular weight is 303 g/mol. The zero-order valence-corrected chi connectivity index (χ0v) is 12.5. The van der Waals surface area contributed by atoms with Gasteiger partial charge < -0.3 is 5.32 Å². The molecule has 1 aromatic carbocycles. The molecule has 106 valence electrons. The van der Waals surface area contributed by atoms with Gasteiger partial charge in [-0.2, -0.15) is 0 Å². The lowest BCUT2D eigenvalue weighted by Gasteiger charge is -2.30. The standard InChI is InChI=1S/C13H19ClN2O2S/c1-10-13(7-4-8-15-10)16-19(17,18)9-11-5-2-3-6-12(11)14/h2-3,5-6,10,13,15-16H,4,7-9H2,1H3. The molecule has 19 heavy (non-hydrogen) atoms. The Kier molecular flexibility index (Phi) is 4.84. The Bertz CT molecular complexity index is 533. The minimum absolute atomic E-state index is 0.0405. The third-order valence-electron chi connectivity index (χ3n) is 3.40. The van der Waals surface area contributed by atoms with E-state index in [4.69, 9.17) is 11.6 Å². The van der Waals surface area contributed by atoms with Crippen LogP contribution in [0.3, 0.4) is 0 Å². The second-order valence-electron chi connectivity index (χ2n) is 4.96. The van der Waals surface area contributed by atoms with Crippen LogP contribution in [0.25, 0.3) is 0 Å². The first kappa shape index (κ1) is 14.8. The molecule has 6 heteroatoms. The van der Waals surface area contributed by atoms with Gasteiger partial charge in [0.25, 0.3) is 0 Å². The summed E-state index contributed by atoms with van der Waals surface area (Å²) in [5, 5.41) is 3.77. The van der Waals surface area contributed by atoms with Crippen LogP contribution in [0.15, 0.2) is 24.3 Å². The Labute approximate surface area is 119 Å². The van der Waals surface area contributed by atoms with Gasteiger partial charge in [-0.15, -0.1) is 0 Å². The summed E-state index contributed by atoms with van der Waals surface area (Å²) < 4.78 is 27.1. The van der Waals surface area contributed by atoms with Crippen molar-refractivity contribution in [3.8, 4) is 0 Å². The van der Waals surface area contributed by atoms with Crippen molar-refractivity contribution in [2.45, 2.75) is 37.6 Å². The Morgan fingerprint density at radius 1 is 1.42 bits per heavy atom. The molecule has 0 amide bonds. The van der Waals surface area contributed by atoms with E-state index >= 15 is 0 Å². The molecule has 1 heterocycles. The molecule has 2 unspecified atom stereocenters. The number of rotatable bonds is 4. The van der Waals surface area contributed by atoms with Crippen molar-refractivity contribution in [2.75, 3.05) is 6.54 Å². The van der Waals surface area contributed by atoms with E-state index in [0.717, 1.165) is 19.4 Å². The van der Waals surface area contributed by atoms with Crippen LogP contribution in [-0.2, 0) is 15.8 Å². The van der Waals surface area contributed by atoms with Gasteiger partial charge in [0.1, 0.15) is 0 Å². The van der Waals surface area contributed by atoms with E-state index in [1.165, 1.54) is 0 Å². The van der Waals surface area contributed by atoms with Gasteiger partial charge in [0.15, 0.2) is 0 Å². The lowest BCUT2D eigenvalue weighted by atomic mass is 10.0. The molecule has 0 aromatic heterocycles. The van der Waals surface area contributed by atoms with Crippen LogP contribution >= 0.6 is 11.6 Å². The summed E-state index contributed by atoms with van der Waals surface area (Å²) in [6, 6.07) is 7.15. The van der Waals surface area contributed by atoms with Gasteiger partial charge in [0, 0.05) is 17.1 Å². The predicted octanol–water partition coefficient (Wildman–Crippen LogP) is 1.90. The number of hydrogen-bond acceptors (Lipinski definition) is 3. The van der Waals surface area contributed by atoms with E-state index in [2.05, 4.69) is 10.0 Å². The lowest BCUT2D eigenvalue weighted by Crippen LogP contribution is -2.52. The number of piperidine rings is 1. The van der Waals surface area contributed by atoms with Gasteiger partial charge in [-0.05, 0) is 37.9 Å². The molecule has 0 aliphatic carbocycles. The fourth-order valence-electron chi connectivity index (χ4n) is 2.30. The highest BCUT2D eigenvalue weighted by Crippen LogP contribution is 2.18. The lowest BCUT2D eigenvalue weighted by molar-refractivity contribution is 0.348. The van der Waals surface area contributed by atoms with E-state index in [0.29, 0.717) is 10.6 Å². The maximum atomic E-state index is 12.2. The summed E-state index contributed by atoms with van der Waals surface area (Å²) in [4.78, 5) is 0. The van der Waals surface area contributed by atoms with Crippen molar-refractivity contribution in [3.63, 3.8) is 0 Å². The number of halogens is 1. The summed E-state index contributed by atoms with van der Waals surface area (Å²) in [5.41, 5.74) is 0.632. The molecule has 1 fully saturated rings. The Hall–Kier alpha value is -0.620. The van der Waals surface area contributed by atoms with Gasteiger partial charge in [-0.25, -0.2) is 13.1 Å². The summed E-state index contributed by atoms with van der Waals surface area (Å²) in [6.45, 7) is 2.95. The van der Waals surface area contributed by atoms with Crippen LogP contribution in [0.2, 0.25) is 5.02 Å². The summed E-state index contributed by atoms with van der Waals surface area (Å²) in [5.74, 6) is -0.0735. The topological polar surface area (TPSA) is 58.2 Å². The highest BCUT2D eigenvalue weighted by atomic mass is 35.5. The van der Waals surface area contributed by atoms with Gasteiger partial charge in [-0.1, -0.05) is 29.8 Å². The number of hydrogen-bond donors (Lipinski definition) is 2. The molecule has 0 radical (unpaired) electrons.